The van der Waals surface area contributed by atoms with Gasteiger partial charge in [-0.3, -0.25) is 4.79 Å². The highest BCUT2D eigenvalue weighted by Gasteiger charge is 2.25. The minimum absolute atomic E-state index is 0.0719. The quantitative estimate of drug-likeness (QED) is 0.751. The Balaban J connectivity index is 1.58. The third-order valence-corrected chi connectivity index (χ3v) is 4.48. The van der Waals surface area contributed by atoms with Gasteiger partial charge in [0.05, 0.1) is 18.3 Å². The number of hydrogen-bond donors (Lipinski definition) is 3. The van der Waals surface area contributed by atoms with E-state index >= 15 is 0 Å². The van der Waals surface area contributed by atoms with Gasteiger partial charge in [-0.1, -0.05) is 36.4 Å². The molecule has 1 amide bonds. The Bertz CT molecular complexity index is 732. The summed E-state index contributed by atoms with van der Waals surface area (Å²) in [7, 11) is 0. The molecule has 1 unspecified atom stereocenters. The largest absolute Gasteiger partial charge is 0.493 e. The van der Waals surface area contributed by atoms with Crippen molar-refractivity contribution in [2.45, 2.75) is 32.0 Å². The average Bonchev–Trinajstić information content (AvgIpc) is 2.66. The highest BCUT2D eigenvalue weighted by Crippen LogP contribution is 2.19. The maximum Gasteiger partial charge on any atom is 0.255 e. The number of benzene rings is 2. The van der Waals surface area contributed by atoms with Gasteiger partial charge in [-0.15, -0.1) is 0 Å². The van der Waals surface area contributed by atoms with Crippen LogP contribution in [0.3, 0.4) is 0 Å². The normalized spacial score (nSPS) is 17.4. The topological polar surface area (TPSA) is 70.6 Å². The molecule has 0 saturated heterocycles. The van der Waals surface area contributed by atoms with Crippen LogP contribution in [0.4, 0.5) is 0 Å². The number of ether oxygens (including phenoxy) is 1. The number of nitrogens with one attached hydrogen (secondary N) is 2. The van der Waals surface area contributed by atoms with Crippen molar-refractivity contribution in [1.29, 1.82) is 0 Å². The summed E-state index contributed by atoms with van der Waals surface area (Å²) in [5.41, 5.74) is 3.00. The first-order valence-electron chi connectivity index (χ1n) is 8.67. The number of para-hydroxylation sites is 1. The Hall–Kier alpha value is -2.37. The molecule has 1 aliphatic rings. The van der Waals surface area contributed by atoms with E-state index in [0.717, 1.165) is 13.0 Å². The molecule has 2 atom stereocenters. The first-order chi connectivity index (χ1) is 12.2. The molecule has 3 rings (SSSR count). The summed E-state index contributed by atoms with van der Waals surface area (Å²) in [6.45, 7) is 3.31. The zero-order valence-corrected chi connectivity index (χ0v) is 14.4. The molecule has 25 heavy (non-hydrogen) atoms. The predicted octanol–water partition coefficient (Wildman–Crippen LogP) is 1.89. The predicted molar refractivity (Wildman–Crippen MR) is 96.7 cm³/mol. The fourth-order valence-corrected chi connectivity index (χ4v) is 3.12. The highest BCUT2D eigenvalue weighted by atomic mass is 16.5. The molecule has 1 heterocycles. The van der Waals surface area contributed by atoms with Crippen LogP contribution in [0.5, 0.6) is 5.75 Å². The zero-order chi connectivity index (χ0) is 17.6. The van der Waals surface area contributed by atoms with Gasteiger partial charge in [0.15, 0.2) is 0 Å². The number of aliphatic hydroxyl groups excluding tert-OH is 1. The monoisotopic (exact) mass is 340 g/mol. The number of carbonyl (C=O) groups is 1. The van der Waals surface area contributed by atoms with Crippen molar-refractivity contribution in [2.75, 3.05) is 13.2 Å². The Morgan fingerprint density at radius 3 is 2.76 bits per heavy atom. The molecule has 0 spiro atoms. The third-order valence-electron chi connectivity index (χ3n) is 4.48. The van der Waals surface area contributed by atoms with Gasteiger partial charge < -0.3 is 20.5 Å². The van der Waals surface area contributed by atoms with Gasteiger partial charge in [0.2, 0.25) is 0 Å². The van der Waals surface area contributed by atoms with Crippen LogP contribution in [-0.2, 0) is 13.0 Å². The zero-order valence-electron chi connectivity index (χ0n) is 14.4. The number of hydrogen-bond acceptors (Lipinski definition) is 4. The van der Waals surface area contributed by atoms with E-state index in [2.05, 4.69) is 22.8 Å². The second-order valence-corrected chi connectivity index (χ2v) is 6.17. The maximum atomic E-state index is 12.4. The molecule has 2 aromatic carbocycles. The van der Waals surface area contributed by atoms with Gasteiger partial charge in [0.1, 0.15) is 5.75 Å². The third kappa shape index (κ3) is 4.18. The standard InChI is InChI=1S/C20H24N2O3/c1-2-25-19-10-6-5-9-16(19)20(24)22-13-18(23)17-11-14-7-3-4-8-15(14)12-21-17/h3-10,17-18,21,23H,2,11-13H2,1H3,(H,22,24)/t17-,18?/m0/s1. The van der Waals surface area contributed by atoms with Crippen molar-refractivity contribution in [1.82, 2.24) is 10.6 Å². The molecule has 0 saturated carbocycles. The van der Waals surface area contributed by atoms with Crippen LogP contribution in [0.1, 0.15) is 28.4 Å². The minimum Gasteiger partial charge on any atom is -0.493 e. The van der Waals surface area contributed by atoms with Gasteiger partial charge in [-0.05, 0) is 36.6 Å². The van der Waals surface area contributed by atoms with Crippen LogP contribution in [0.2, 0.25) is 0 Å². The smallest absolute Gasteiger partial charge is 0.255 e. The molecule has 1 aliphatic heterocycles. The van der Waals surface area contributed by atoms with E-state index in [9.17, 15) is 9.90 Å². The number of rotatable bonds is 6. The second-order valence-electron chi connectivity index (χ2n) is 6.17. The first-order valence-corrected chi connectivity index (χ1v) is 8.67. The molecule has 2 aromatic rings. The number of fused-ring (bicyclic) bond motifs is 1. The summed E-state index contributed by atoms with van der Waals surface area (Å²) < 4.78 is 5.48. The summed E-state index contributed by atoms with van der Waals surface area (Å²) in [5, 5.41) is 16.6. The number of aliphatic hydroxyl groups is 1. The van der Waals surface area contributed by atoms with E-state index in [1.165, 1.54) is 11.1 Å². The van der Waals surface area contributed by atoms with E-state index in [1.54, 1.807) is 18.2 Å². The molecule has 0 bridgehead atoms. The molecule has 0 fully saturated rings. The fraction of sp³-hybridized carbons (Fsp3) is 0.350. The van der Waals surface area contributed by atoms with Gasteiger partial charge in [-0.2, -0.15) is 0 Å². The molecule has 0 aliphatic carbocycles. The fourth-order valence-electron chi connectivity index (χ4n) is 3.12. The van der Waals surface area contributed by atoms with Crippen molar-refractivity contribution in [3.05, 3.63) is 65.2 Å². The summed E-state index contributed by atoms with van der Waals surface area (Å²) in [6, 6.07) is 15.3. The molecular weight excluding hydrogens is 316 g/mol. The van der Waals surface area contributed by atoms with Crippen LogP contribution < -0.4 is 15.4 Å². The van der Waals surface area contributed by atoms with Gasteiger partial charge in [0.25, 0.3) is 5.91 Å². The molecule has 0 radical (unpaired) electrons. The molecule has 0 aromatic heterocycles. The SMILES string of the molecule is CCOc1ccccc1C(=O)NCC(O)[C@@H]1Cc2ccccc2CN1. The van der Waals surface area contributed by atoms with Gasteiger partial charge in [0, 0.05) is 19.1 Å². The lowest BCUT2D eigenvalue weighted by atomic mass is 9.93. The van der Waals surface area contributed by atoms with E-state index in [4.69, 9.17) is 4.74 Å². The summed E-state index contributed by atoms with van der Waals surface area (Å²) in [5.74, 6) is 0.320. The second kappa shape index (κ2) is 8.14. The van der Waals surface area contributed by atoms with Crippen molar-refractivity contribution in [3.63, 3.8) is 0 Å². The van der Waals surface area contributed by atoms with E-state index in [-0.39, 0.29) is 18.5 Å². The van der Waals surface area contributed by atoms with E-state index < -0.39 is 6.10 Å². The number of amides is 1. The van der Waals surface area contributed by atoms with E-state index in [0.29, 0.717) is 17.9 Å². The Kier molecular flexibility index (Phi) is 5.68. The van der Waals surface area contributed by atoms with Crippen LogP contribution in [0.15, 0.2) is 48.5 Å². The lowest BCUT2D eigenvalue weighted by Crippen LogP contribution is -2.49. The first kappa shape index (κ1) is 17.5. The van der Waals surface area contributed by atoms with Crippen molar-refractivity contribution < 1.29 is 14.6 Å². The van der Waals surface area contributed by atoms with E-state index in [1.807, 2.05) is 25.1 Å². The molecule has 132 valence electrons. The molecular formula is C20H24N2O3. The minimum atomic E-state index is -0.656. The summed E-state index contributed by atoms with van der Waals surface area (Å²) in [6.07, 6.45) is 0.0968. The Labute approximate surface area is 148 Å². The molecule has 5 heteroatoms. The van der Waals surface area contributed by atoms with Crippen molar-refractivity contribution in [3.8, 4) is 5.75 Å². The van der Waals surface area contributed by atoms with Crippen LogP contribution in [-0.4, -0.2) is 36.3 Å². The van der Waals surface area contributed by atoms with Crippen LogP contribution in [0.25, 0.3) is 0 Å². The molecule has 5 nitrogen and oxygen atoms in total. The summed E-state index contributed by atoms with van der Waals surface area (Å²) in [4.78, 5) is 12.4. The number of carbonyl (C=O) groups excluding carboxylic acids is 1. The van der Waals surface area contributed by atoms with Crippen LogP contribution in [0, 0.1) is 0 Å². The summed E-state index contributed by atoms with van der Waals surface area (Å²) >= 11 is 0. The molecule has 3 N–H and O–H groups in total. The van der Waals surface area contributed by atoms with Crippen LogP contribution >= 0.6 is 0 Å². The van der Waals surface area contributed by atoms with Gasteiger partial charge >= 0.3 is 0 Å². The average molecular weight is 340 g/mol. The lowest BCUT2D eigenvalue weighted by molar-refractivity contribution is 0.0866. The van der Waals surface area contributed by atoms with Crippen molar-refractivity contribution in [2.24, 2.45) is 0 Å². The Morgan fingerprint density at radius 2 is 1.96 bits per heavy atom. The van der Waals surface area contributed by atoms with Crippen molar-refractivity contribution >= 4 is 5.91 Å². The Morgan fingerprint density at radius 1 is 1.24 bits per heavy atom. The van der Waals surface area contributed by atoms with Gasteiger partial charge in [-0.25, -0.2) is 0 Å². The lowest BCUT2D eigenvalue weighted by Gasteiger charge is -2.30. The highest BCUT2D eigenvalue weighted by molar-refractivity contribution is 5.96. The maximum absolute atomic E-state index is 12.4.